The van der Waals surface area contributed by atoms with Gasteiger partial charge in [0.05, 0.1) is 0 Å². The lowest BCUT2D eigenvalue weighted by molar-refractivity contribution is 0.445. The maximum absolute atomic E-state index is 6.21. The Labute approximate surface area is 127 Å². The molecule has 0 aliphatic heterocycles. The molecule has 0 saturated carbocycles. The topological polar surface area (TPSA) is 35.2 Å². The summed E-state index contributed by atoms with van der Waals surface area (Å²) in [4.78, 5) is 0. The number of hydrogen-bond acceptors (Lipinski definition) is 2. The van der Waals surface area contributed by atoms with Crippen LogP contribution >= 0.6 is 0 Å². The van der Waals surface area contributed by atoms with Gasteiger partial charge in [0, 0.05) is 17.2 Å². The summed E-state index contributed by atoms with van der Waals surface area (Å²) in [6.45, 7) is 8.67. The Morgan fingerprint density at radius 3 is 2.14 bits per heavy atom. The molecule has 0 aromatic heterocycles. The van der Waals surface area contributed by atoms with E-state index in [1.165, 1.54) is 5.56 Å². The Hall–Kier alpha value is -1.80. The van der Waals surface area contributed by atoms with Crippen LogP contribution in [0.4, 0.5) is 0 Å². The van der Waals surface area contributed by atoms with Gasteiger partial charge in [-0.25, -0.2) is 0 Å². The second-order valence-corrected chi connectivity index (χ2v) is 6.40. The lowest BCUT2D eigenvalue weighted by atomic mass is 9.86. The highest BCUT2D eigenvalue weighted by Crippen LogP contribution is 2.36. The Morgan fingerprint density at radius 2 is 1.52 bits per heavy atom. The van der Waals surface area contributed by atoms with Gasteiger partial charge in [-0.05, 0) is 24.0 Å². The van der Waals surface area contributed by atoms with Crippen LogP contribution in [-0.2, 0) is 5.41 Å². The molecule has 1 unspecified atom stereocenters. The number of hydrogen-bond donors (Lipinski definition) is 1. The molecule has 0 fully saturated rings. The highest BCUT2D eigenvalue weighted by molar-refractivity contribution is 5.44. The number of nitrogens with two attached hydrogens (primary N) is 1. The van der Waals surface area contributed by atoms with Crippen LogP contribution < -0.4 is 10.5 Å². The fourth-order valence-electron chi connectivity index (χ4n) is 2.39. The van der Waals surface area contributed by atoms with Crippen molar-refractivity contribution in [2.24, 2.45) is 5.73 Å². The minimum Gasteiger partial charge on any atom is -0.457 e. The number of para-hydroxylation sites is 2. The van der Waals surface area contributed by atoms with E-state index in [4.69, 9.17) is 10.5 Å². The fraction of sp³-hybridized carbons (Fsp3) is 0.368. The molecule has 21 heavy (non-hydrogen) atoms. The molecule has 2 aromatic rings. The van der Waals surface area contributed by atoms with E-state index in [1.54, 1.807) is 0 Å². The molecule has 0 bridgehead atoms. The SMILES string of the molecule is CCC(N)c1ccccc1Oc1ccccc1C(C)(C)C. The van der Waals surface area contributed by atoms with Gasteiger partial charge in [-0.2, -0.15) is 0 Å². The molecule has 0 saturated heterocycles. The van der Waals surface area contributed by atoms with Gasteiger partial charge in [0.2, 0.25) is 0 Å². The largest absolute Gasteiger partial charge is 0.457 e. The quantitative estimate of drug-likeness (QED) is 0.838. The molecule has 2 nitrogen and oxygen atoms in total. The van der Waals surface area contributed by atoms with Crippen molar-refractivity contribution in [2.45, 2.75) is 45.6 Å². The van der Waals surface area contributed by atoms with Gasteiger partial charge in [0.1, 0.15) is 11.5 Å². The van der Waals surface area contributed by atoms with Crippen molar-refractivity contribution in [3.63, 3.8) is 0 Å². The zero-order valence-corrected chi connectivity index (χ0v) is 13.4. The summed E-state index contributed by atoms with van der Waals surface area (Å²) in [7, 11) is 0. The van der Waals surface area contributed by atoms with E-state index in [0.717, 1.165) is 23.5 Å². The van der Waals surface area contributed by atoms with E-state index in [1.807, 2.05) is 36.4 Å². The number of rotatable bonds is 4. The van der Waals surface area contributed by atoms with Gasteiger partial charge >= 0.3 is 0 Å². The summed E-state index contributed by atoms with van der Waals surface area (Å²) in [5, 5.41) is 0. The van der Waals surface area contributed by atoms with Crippen LogP contribution in [-0.4, -0.2) is 0 Å². The van der Waals surface area contributed by atoms with Gasteiger partial charge in [0.25, 0.3) is 0 Å². The monoisotopic (exact) mass is 283 g/mol. The van der Waals surface area contributed by atoms with Crippen LogP contribution in [0.1, 0.15) is 51.3 Å². The number of benzene rings is 2. The summed E-state index contributed by atoms with van der Waals surface area (Å²) in [5.74, 6) is 1.75. The summed E-state index contributed by atoms with van der Waals surface area (Å²) in [6, 6.07) is 16.2. The van der Waals surface area contributed by atoms with Crippen molar-refractivity contribution in [1.29, 1.82) is 0 Å². The van der Waals surface area contributed by atoms with Crippen LogP contribution in [0.5, 0.6) is 11.5 Å². The minimum atomic E-state index is 0.00278. The lowest BCUT2D eigenvalue weighted by Crippen LogP contribution is -2.13. The third kappa shape index (κ3) is 3.64. The van der Waals surface area contributed by atoms with Crippen LogP contribution in [0.3, 0.4) is 0 Å². The Balaban J connectivity index is 2.40. The first-order valence-electron chi connectivity index (χ1n) is 7.55. The molecule has 0 radical (unpaired) electrons. The van der Waals surface area contributed by atoms with E-state index >= 15 is 0 Å². The average molecular weight is 283 g/mol. The third-order valence-corrected chi connectivity index (χ3v) is 3.67. The molecule has 0 heterocycles. The van der Waals surface area contributed by atoms with Crippen molar-refractivity contribution in [2.75, 3.05) is 0 Å². The van der Waals surface area contributed by atoms with Gasteiger partial charge < -0.3 is 10.5 Å². The first-order valence-corrected chi connectivity index (χ1v) is 7.55. The molecule has 1 atom stereocenters. The van der Waals surface area contributed by atoms with Crippen LogP contribution in [0, 0.1) is 0 Å². The van der Waals surface area contributed by atoms with Crippen molar-refractivity contribution in [3.8, 4) is 11.5 Å². The predicted molar refractivity (Wildman–Crippen MR) is 88.9 cm³/mol. The summed E-state index contributed by atoms with van der Waals surface area (Å²) >= 11 is 0. The Bertz CT molecular complexity index is 599. The smallest absolute Gasteiger partial charge is 0.132 e. The molecule has 0 aliphatic carbocycles. The predicted octanol–water partition coefficient (Wildman–Crippen LogP) is 5.19. The first-order chi connectivity index (χ1) is 9.93. The summed E-state index contributed by atoms with van der Waals surface area (Å²) in [6.07, 6.45) is 0.890. The highest BCUT2D eigenvalue weighted by atomic mass is 16.5. The molecular formula is C19H25NO. The minimum absolute atomic E-state index is 0.00278. The van der Waals surface area contributed by atoms with Gasteiger partial charge in [-0.1, -0.05) is 64.1 Å². The summed E-state index contributed by atoms with van der Waals surface area (Å²) in [5.41, 5.74) is 8.49. The van der Waals surface area contributed by atoms with Crippen molar-refractivity contribution < 1.29 is 4.74 Å². The van der Waals surface area contributed by atoms with Crippen molar-refractivity contribution in [1.82, 2.24) is 0 Å². The maximum atomic E-state index is 6.21. The van der Waals surface area contributed by atoms with Crippen LogP contribution in [0.2, 0.25) is 0 Å². The molecule has 0 aliphatic rings. The molecule has 0 spiro atoms. The first kappa shape index (κ1) is 15.6. The van der Waals surface area contributed by atoms with E-state index < -0.39 is 0 Å². The molecular weight excluding hydrogens is 258 g/mol. The maximum Gasteiger partial charge on any atom is 0.132 e. The van der Waals surface area contributed by atoms with Crippen molar-refractivity contribution in [3.05, 3.63) is 59.7 Å². The van der Waals surface area contributed by atoms with E-state index in [9.17, 15) is 0 Å². The molecule has 112 valence electrons. The molecule has 2 heteroatoms. The molecule has 0 amide bonds. The van der Waals surface area contributed by atoms with E-state index in [2.05, 4.69) is 39.8 Å². The third-order valence-electron chi connectivity index (χ3n) is 3.67. The molecule has 2 rings (SSSR count). The van der Waals surface area contributed by atoms with E-state index in [-0.39, 0.29) is 11.5 Å². The van der Waals surface area contributed by atoms with Crippen LogP contribution in [0.15, 0.2) is 48.5 Å². The number of ether oxygens (including phenoxy) is 1. The molecule has 2 aromatic carbocycles. The highest BCUT2D eigenvalue weighted by Gasteiger charge is 2.20. The second-order valence-electron chi connectivity index (χ2n) is 6.40. The molecule has 2 N–H and O–H groups in total. The normalized spacial score (nSPS) is 13.0. The zero-order chi connectivity index (χ0) is 15.5. The van der Waals surface area contributed by atoms with Gasteiger partial charge in [0.15, 0.2) is 0 Å². The van der Waals surface area contributed by atoms with Gasteiger partial charge in [-0.15, -0.1) is 0 Å². The fourth-order valence-corrected chi connectivity index (χ4v) is 2.39. The summed E-state index contributed by atoms with van der Waals surface area (Å²) < 4.78 is 6.21. The Morgan fingerprint density at radius 1 is 0.952 bits per heavy atom. The van der Waals surface area contributed by atoms with Crippen molar-refractivity contribution >= 4 is 0 Å². The second kappa shape index (κ2) is 6.31. The van der Waals surface area contributed by atoms with Crippen LogP contribution in [0.25, 0.3) is 0 Å². The Kier molecular flexibility index (Phi) is 4.69. The average Bonchev–Trinajstić information content (AvgIpc) is 2.46. The standard InChI is InChI=1S/C19H25NO/c1-5-16(20)14-10-6-8-12-17(14)21-18-13-9-7-11-15(18)19(2,3)4/h6-13,16H,5,20H2,1-4H3. The lowest BCUT2D eigenvalue weighted by Gasteiger charge is -2.23. The van der Waals surface area contributed by atoms with Gasteiger partial charge in [-0.3, -0.25) is 0 Å². The van der Waals surface area contributed by atoms with E-state index in [0.29, 0.717) is 0 Å². The zero-order valence-electron chi connectivity index (χ0n) is 13.4.